The Morgan fingerprint density at radius 2 is 2.27 bits per heavy atom. The van der Waals surface area contributed by atoms with E-state index in [0.29, 0.717) is 23.8 Å². The lowest BCUT2D eigenvalue weighted by Gasteiger charge is -2.26. The molecule has 0 aliphatic carbocycles. The van der Waals surface area contributed by atoms with Crippen LogP contribution >= 0.6 is 11.6 Å². The summed E-state index contributed by atoms with van der Waals surface area (Å²) in [5.41, 5.74) is 0. The van der Waals surface area contributed by atoms with Crippen LogP contribution in [0.15, 0.2) is 11.6 Å². The van der Waals surface area contributed by atoms with E-state index in [-0.39, 0.29) is 5.78 Å². The van der Waals surface area contributed by atoms with Crippen molar-refractivity contribution in [3.05, 3.63) is 11.6 Å². The number of rotatable bonds is 4. The van der Waals surface area contributed by atoms with Gasteiger partial charge in [0.1, 0.15) is 5.78 Å². The molecule has 0 aromatic rings. The minimum Gasteiger partial charge on any atom is -0.316 e. The SMILES string of the molecule is C=C(Cl)CC(=O)CC1CNC1. The van der Waals surface area contributed by atoms with Gasteiger partial charge in [-0.2, -0.15) is 0 Å². The van der Waals surface area contributed by atoms with Crippen LogP contribution in [0.5, 0.6) is 0 Å². The van der Waals surface area contributed by atoms with Crippen LogP contribution in [0, 0.1) is 5.92 Å². The van der Waals surface area contributed by atoms with Crippen molar-refractivity contribution in [2.75, 3.05) is 13.1 Å². The second-order valence-corrected chi connectivity index (χ2v) is 3.50. The number of hydrogen-bond donors (Lipinski definition) is 1. The molecule has 0 aromatic heterocycles. The number of carbonyl (C=O) groups is 1. The van der Waals surface area contributed by atoms with Gasteiger partial charge < -0.3 is 5.32 Å². The van der Waals surface area contributed by atoms with Crippen LogP contribution in [-0.4, -0.2) is 18.9 Å². The normalized spacial score (nSPS) is 17.5. The first kappa shape index (κ1) is 8.75. The van der Waals surface area contributed by atoms with Crippen LogP contribution in [0.1, 0.15) is 12.8 Å². The summed E-state index contributed by atoms with van der Waals surface area (Å²) in [4.78, 5) is 11.1. The minimum absolute atomic E-state index is 0.205. The molecule has 0 saturated carbocycles. The molecule has 0 atom stereocenters. The van der Waals surface area contributed by atoms with Crippen LogP contribution < -0.4 is 5.32 Å². The third kappa shape index (κ3) is 3.04. The van der Waals surface area contributed by atoms with Gasteiger partial charge in [0, 0.05) is 17.9 Å². The molecule has 0 spiro atoms. The van der Waals surface area contributed by atoms with E-state index in [4.69, 9.17) is 11.6 Å². The first-order valence-electron chi connectivity index (χ1n) is 3.74. The van der Waals surface area contributed by atoms with Crippen molar-refractivity contribution in [2.24, 2.45) is 5.92 Å². The van der Waals surface area contributed by atoms with Crippen molar-refractivity contribution in [3.63, 3.8) is 0 Å². The second kappa shape index (κ2) is 3.88. The van der Waals surface area contributed by atoms with Crippen molar-refractivity contribution in [1.82, 2.24) is 5.32 Å². The first-order valence-corrected chi connectivity index (χ1v) is 4.12. The zero-order valence-corrected chi connectivity index (χ0v) is 7.16. The largest absolute Gasteiger partial charge is 0.316 e. The van der Waals surface area contributed by atoms with E-state index >= 15 is 0 Å². The van der Waals surface area contributed by atoms with Gasteiger partial charge in [-0.1, -0.05) is 18.2 Å². The summed E-state index contributed by atoms with van der Waals surface area (Å²) in [6.07, 6.45) is 0.983. The van der Waals surface area contributed by atoms with Crippen LogP contribution in [0.25, 0.3) is 0 Å². The quantitative estimate of drug-likeness (QED) is 0.695. The zero-order chi connectivity index (χ0) is 8.27. The van der Waals surface area contributed by atoms with Gasteiger partial charge in [-0.15, -0.1) is 0 Å². The predicted molar refractivity (Wildman–Crippen MR) is 45.6 cm³/mol. The number of hydrogen-bond acceptors (Lipinski definition) is 2. The summed E-state index contributed by atoms with van der Waals surface area (Å²) in [5.74, 6) is 0.745. The summed E-state index contributed by atoms with van der Waals surface area (Å²) >= 11 is 5.49. The third-order valence-electron chi connectivity index (χ3n) is 1.77. The molecule has 0 unspecified atom stereocenters. The van der Waals surface area contributed by atoms with E-state index < -0.39 is 0 Å². The average molecular weight is 174 g/mol. The Labute approximate surface area is 71.6 Å². The van der Waals surface area contributed by atoms with E-state index in [9.17, 15) is 4.79 Å². The van der Waals surface area contributed by atoms with Crippen molar-refractivity contribution < 1.29 is 4.79 Å². The maximum atomic E-state index is 11.1. The minimum atomic E-state index is 0.205. The lowest BCUT2D eigenvalue weighted by Crippen LogP contribution is -2.42. The van der Waals surface area contributed by atoms with Crippen LogP contribution in [0.4, 0.5) is 0 Å². The first-order chi connectivity index (χ1) is 5.18. The van der Waals surface area contributed by atoms with Gasteiger partial charge in [0.05, 0.1) is 0 Å². The number of carbonyl (C=O) groups excluding carboxylic acids is 1. The molecule has 1 saturated heterocycles. The van der Waals surface area contributed by atoms with Gasteiger partial charge in [-0.25, -0.2) is 0 Å². The molecule has 2 nitrogen and oxygen atoms in total. The van der Waals surface area contributed by atoms with Gasteiger partial charge in [0.25, 0.3) is 0 Å². The summed E-state index contributed by atoms with van der Waals surface area (Å²) in [6, 6.07) is 0. The maximum absolute atomic E-state index is 11.1. The lowest BCUT2D eigenvalue weighted by atomic mass is 9.96. The molecule has 0 amide bonds. The Hall–Kier alpha value is -0.340. The number of allylic oxidation sites excluding steroid dienone is 1. The number of ketones is 1. The highest BCUT2D eigenvalue weighted by atomic mass is 35.5. The fourth-order valence-corrected chi connectivity index (χ4v) is 1.25. The molecule has 1 rings (SSSR count). The Morgan fingerprint density at radius 3 is 2.64 bits per heavy atom. The zero-order valence-electron chi connectivity index (χ0n) is 6.40. The summed E-state index contributed by atoms with van der Waals surface area (Å²) in [7, 11) is 0. The monoisotopic (exact) mass is 173 g/mol. The molecular weight excluding hydrogens is 162 g/mol. The molecular formula is C8H12ClNO. The van der Waals surface area contributed by atoms with Gasteiger partial charge in [0.2, 0.25) is 0 Å². The third-order valence-corrected chi connectivity index (χ3v) is 1.90. The van der Waals surface area contributed by atoms with Crippen LogP contribution in [0.3, 0.4) is 0 Å². The molecule has 0 bridgehead atoms. The summed E-state index contributed by atoms with van der Waals surface area (Å²) in [5, 5.41) is 3.56. The fraction of sp³-hybridized carbons (Fsp3) is 0.625. The van der Waals surface area contributed by atoms with E-state index in [1.165, 1.54) is 0 Å². The predicted octanol–water partition coefficient (Wildman–Crippen LogP) is 1.31. The van der Waals surface area contributed by atoms with Crippen molar-refractivity contribution in [2.45, 2.75) is 12.8 Å². The van der Waals surface area contributed by atoms with Gasteiger partial charge in [0.15, 0.2) is 0 Å². The van der Waals surface area contributed by atoms with Crippen molar-refractivity contribution >= 4 is 17.4 Å². The Morgan fingerprint density at radius 1 is 1.64 bits per heavy atom. The number of nitrogens with one attached hydrogen (secondary N) is 1. The molecule has 1 aliphatic rings. The molecule has 1 heterocycles. The molecule has 1 aliphatic heterocycles. The Bertz CT molecular complexity index is 175. The summed E-state index contributed by atoms with van der Waals surface area (Å²) < 4.78 is 0. The van der Waals surface area contributed by atoms with Gasteiger partial charge in [-0.3, -0.25) is 4.79 Å². The topological polar surface area (TPSA) is 29.1 Å². The van der Waals surface area contributed by atoms with Crippen molar-refractivity contribution in [1.29, 1.82) is 0 Å². The highest BCUT2D eigenvalue weighted by molar-refractivity contribution is 6.30. The van der Waals surface area contributed by atoms with E-state index in [1.807, 2.05) is 0 Å². The molecule has 1 fully saturated rings. The lowest BCUT2D eigenvalue weighted by molar-refractivity contribution is -0.119. The average Bonchev–Trinajstić information content (AvgIpc) is 1.77. The van der Waals surface area contributed by atoms with Gasteiger partial charge >= 0.3 is 0 Å². The molecule has 0 aromatic carbocycles. The summed E-state index contributed by atoms with van der Waals surface area (Å²) in [6.45, 7) is 5.42. The Balaban J connectivity index is 2.14. The van der Waals surface area contributed by atoms with E-state index in [2.05, 4.69) is 11.9 Å². The molecule has 3 heteroatoms. The van der Waals surface area contributed by atoms with E-state index in [0.717, 1.165) is 13.1 Å². The molecule has 0 radical (unpaired) electrons. The molecule has 11 heavy (non-hydrogen) atoms. The van der Waals surface area contributed by atoms with Crippen molar-refractivity contribution in [3.8, 4) is 0 Å². The number of Topliss-reactive ketones (excluding diaryl/α,β-unsaturated/α-hetero) is 1. The highest BCUT2D eigenvalue weighted by Crippen LogP contribution is 2.13. The second-order valence-electron chi connectivity index (χ2n) is 2.96. The van der Waals surface area contributed by atoms with Crippen LogP contribution in [0.2, 0.25) is 0 Å². The number of halogens is 1. The molecule has 62 valence electrons. The smallest absolute Gasteiger partial charge is 0.138 e. The molecule has 1 N–H and O–H groups in total. The standard InChI is InChI=1S/C8H12ClNO/c1-6(9)2-8(11)3-7-4-10-5-7/h7,10H,1-5H2. The fourth-order valence-electron chi connectivity index (χ4n) is 1.10. The van der Waals surface area contributed by atoms with E-state index in [1.54, 1.807) is 0 Å². The van der Waals surface area contributed by atoms with Gasteiger partial charge in [-0.05, 0) is 19.0 Å². The maximum Gasteiger partial charge on any atom is 0.138 e. The highest BCUT2D eigenvalue weighted by Gasteiger charge is 2.19. The van der Waals surface area contributed by atoms with Crippen LogP contribution in [-0.2, 0) is 4.79 Å². The Kier molecular flexibility index (Phi) is 3.09.